The van der Waals surface area contributed by atoms with Gasteiger partial charge in [0.25, 0.3) is 11.8 Å². The van der Waals surface area contributed by atoms with Crippen LogP contribution in [0.3, 0.4) is 0 Å². The first kappa shape index (κ1) is 30.6. The number of anilines is 1. The van der Waals surface area contributed by atoms with Crippen LogP contribution in [-0.2, 0) is 19.1 Å². The van der Waals surface area contributed by atoms with Gasteiger partial charge in [-0.3, -0.25) is 19.2 Å². The second-order valence-corrected chi connectivity index (χ2v) is 12.1. The number of carbonyl (C=O) groups excluding carboxylic acids is 4. The fraction of sp³-hybridized carbons (Fsp3) is 0.529. The molecule has 1 spiro atoms. The average molecular weight is 589 g/mol. The number of nitrogens with one attached hydrogen (secondary N) is 1. The third kappa shape index (κ3) is 7.03. The molecular weight excluding hydrogens is 544 g/mol. The second-order valence-electron chi connectivity index (χ2n) is 12.1. The maximum absolute atomic E-state index is 14.0. The van der Waals surface area contributed by atoms with E-state index in [0.717, 1.165) is 5.69 Å². The molecule has 3 fully saturated rings. The molecule has 0 radical (unpaired) electrons. The number of nitrogens with zero attached hydrogens (tertiary/aromatic N) is 3. The molecule has 2 aliphatic heterocycles. The Labute approximate surface area is 254 Å². The van der Waals surface area contributed by atoms with Crippen molar-refractivity contribution in [1.29, 1.82) is 0 Å². The molecule has 2 saturated heterocycles. The Morgan fingerprint density at radius 2 is 1.63 bits per heavy atom. The van der Waals surface area contributed by atoms with Gasteiger partial charge in [0.15, 0.2) is 0 Å². The first-order valence-corrected chi connectivity index (χ1v) is 15.8. The lowest BCUT2D eigenvalue weighted by molar-refractivity contribution is -0.140. The van der Waals surface area contributed by atoms with E-state index in [-0.39, 0.29) is 30.2 Å². The highest BCUT2D eigenvalue weighted by atomic mass is 16.5. The van der Waals surface area contributed by atoms with Crippen LogP contribution in [0.4, 0.5) is 5.69 Å². The number of para-hydroxylation sites is 1. The molecule has 0 aromatic heterocycles. The topological polar surface area (TPSA) is 99.3 Å². The summed E-state index contributed by atoms with van der Waals surface area (Å²) in [6.07, 6.45) is 8.92. The van der Waals surface area contributed by atoms with Gasteiger partial charge in [-0.2, -0.15) is 0 Å². The van der Waals surface area contributed by atoms with Crippen molar-refractivity contribution < 1.29 is 23.9 Å². The smallest absolute Gasteiger partial charge is 0.305 e. The SMILES string of the molecule is COC(=O)CCCCNC(=O)CN1CN(c2ccccc2)C2(CCN(C(=O)c3ccc(C4CCCCC4)cc3)CC2)C1=O. The third-order valence-corrected chi connectivity index (χ3v) is 9.39. The zero-order chi connectivity index (χ0) is 30.2. The summed E-state index contributed by atoms with van der Waals surface area (Å²) in [4.78, 5) is 57.1. The van der Waals surface area contributed by atoms with E-state index in [1.165, 1.54) is 44.8 Å². The number of piperidine rings is 1. The van der Waals surface area contributed by atoms with Crippen LogP contribution in [0, 0.1) is 0 Å². The molecule has 2 aromatic rings. The van der Waals surface area contributed by atoms with Crippen molar-refractivity contribution >= 4 is 29.4 Å². The molecule has 2 aromatic carbocycles. The lowest BCUT2D eigenvalue weighted by atomic mass is 9.83. The zero-order valence-electron chi connectivity index (χ0n) is 25.3. The second kappa shape index (κ2) is 14.1. The number of hydrogen-bond acceptors (Lipinski definition) is 6. The average Bonchev–Trinajstić information content (AvgIpc) is 3.31. The Bertz CT molecular complexity index is 1270. The minimum Gasteiger partial charge on any atom is -0.469 e. The summed E-state index contributed by atoms with van der Waals surface area (Å²) in [5.74, 6) is 0.0503. The van der Waals surface area contributed by atoms with Crippen LogP contribution < -0.4 is 10.2 Å². The van der Waals surface area contributed by atoms with Crippen molar-refractivity contribution in [3.63, 3.8) is 0 Å². The highest BCUT2D eigenvalue weighted by Crippen LogP contribution is 2.40. The highest BCUT2D eigenvalue weighted by Gasteiger charge is 2.54. The Morgan fingerprint density at radius 1 is 0.930 bits per heavy atom. The van der Waals surface area contributed by atoms with E-state index in [1.54, 1.807) is 4.90 Å². The molecule has 0 unspecified atom stereocenters. The summed E-state index contributed by atoms with van der Waals surface area (Å²) in [5.41, 5.74) is 2.15. The Morgan fingerprint density at radius 3 is 2.30 bits per heavy atom. The number of methoxy groups -OCH3 is 1. The van der Waals surface area contributed by atoms with Gasteiger partial charge in [0.1, 0.15) is 12.1 Å². The van der Waals surface area contributed by atoms with Gasteiger partial charge in [-0.25, -0.2) is 0 Å². The van der Waals surface area contributed by atoms with Crippen LogP contribution in [0.5, 0.6) is 0 Å². The standard InChI is InChI=1S/C34H44N4O5/c1-43-31(40)14-8-9-21-35-30(39)24-37-25-38(29-12-6-3-7-13-29)34(33(37)42)19-22-36(23-20-34)32(41)28-17-15-27(16-18-28)26-10-4-2-5-11-26/h3,6-7,12-13,15-18,26H,2,4-5,8-11,14,19-25H2,1H3,(H,35,39). The molecular formula is C34H44N4O5. The van der Waals surface area contributed by atoms with E-state index in [0.29, 0.717) is 69.9 Å². The number of ether oxygens (including phenoxy) is 1. The van der Waals surface area contributed by atoms with Crippen molar-refractivity contribution in [2.75, 3.05) is 44.9 Å². The molecule has 3 aliphatic rings. The molecule has 5 rings (SSSR count). The van der Waals surface area contributed by atoms with E-state index < -0.39 is 5.54 Å². The molecule has 230 valence electrons. The summed E-state index contributed by atoms with van der Waals surface area (Å²) in [7, 11) is 1.36. The Balaban J connectivity index is 1.21. The van der Waals surface area contributed by atoms with E-state index >= 15 is 0 Å². The maximum atomic E-state index is 14.0. The molecule has 9 nitrogen and oxygen atoms in total. The molecule has 1 N–H and O–H groups in total. The summed E-state index contributed by atoms with van der Waals surface area (Å²) >= 11 is 0. The lowest BCUT2D eigenvalue weighted by Gasteiger charge is -2.43. The summed E-state index contributed by atoms with van der Waals surface area (Å²) in [5, 5.41) is 2.88. The summed E-state index contributed by atoms with van der Waals surface area (Å²) in [6, 6.07) is 18.0. The van der Waals surface area contributed by atoms with Gasteiger partial charge in [0, 0.05) is 37.3 Å². The number of amides is 3. The molecule has 3 amide bonds. The van der Waals surface area contributed by atoms with Crippen LogP contribution in [-0.4, -0.2) is 79.0 Å². The van der Waals surface area contributed by atoms with Gasteiger partial charge >= 0.3 is 5.97 Å². The number of rotatable bonds is 10. The van der Waals surface area contributed by atoms with E-state index in [1.807, 2.05) is 47.4 Å². The largest absolute Gasteiger partial charge is 0.469 e. The van der Waals surface area contributed by atoms with Crippen molar-refractivity contribution in [2.45, 2.75) is 75.7 Å². The first-order valence-electron chi connectivity index (χ1n) is 15.8. The number of benzene rings is 2. The molecule has 9 heteroatoms. The van der Waals surface area contributed by atoms with Crippen LogP contribution in [0.15, 0.2) is 54.6 Å². The fourth-order valence-corrected chi connectivity index (χ4v) is 6.87. The molecule has 43 heavy (non-hydrogen) atoms. The monoisotopic (exact) mass is 588 g/mol. The number of unbranched alkanes of at least 4 members (excludes halogenated alkanes) is 1. The molecule has 0 bridgehead atoms. The van der Waals surface area contributed by atoms with Crippen molar-refractivity contribution in [3.05, 3.63) is 65.7 Å². The van der Waals surface area contributed by atoms with Gasteiger partial charge in [0.05, 0.1) is 13.8 Å². The number of esters is 1. The zero-order valence-corrected chi connectivity index (χ0v) is 25.3. The van der Waals surface area contributed by atoms with Crippen molar-refractivity contribution in [1.82, 2.24) is 15.1 Å². The molecule has 0 atom stereocenters. The number of likely N-dealkylation sites (tertiary alicyclic amines) is 1. The predicted octanol–water partition coefficient (Wildman–Crippen LogP) is 4.47. The van der Waals surface area contributed by atoms with Crippen LogP contribution >= 0.6 is 0 Å². The van der Waals surface area contributed by atoms with Crippen LogP contribution in [0.1, 0.15) is 86.0 Å². The summed E-state index contributed by atoms with van der Waals surface area (Å²) < 4.78 is 4.65. The van der Waals surface area contributed by atoms with E-state index in [2.05, 4.69) is 27.1 Å². The molecule has 1 aliphatic carbocycles. The van der Waals surface area contributed by atoms with Crippen molar-refractivity contribution in [2.24, 2.45) is 0 Å². The maximum Gasteiger partial charge on any atom is 0.305 e. The molecule has 2 heterocycles. The molecule has 1 saturated carbocycles. The van der Waals surface area contributed by atoms with E-state index in [4.69, 9.17) is 0 Å². The third-order valence-electron chi connectivity index (χ3n) is 9.39. The van der Waals surface area contributed by atoms with E-state index in [9.17, 15) is 19.2 Å². The minimum absolute atomic E-state index is 0.00480. The van der Waals surface area contributed by atoms with Crippen molar-refractivity contribution in [3.8, 4) is 0 Å². The minimum atomic E-state index is -0.802. The van der Waals surface area contributed by atoms with Crippen LogP contribution in [0.2, 0.25) is 0 Å². The van der Waals surface area contributed by atoms with Crippen LogP contribution in [0.25, 0.3) is 0 Å². The van der Waals surface area contributed by atoms with Gasteiger partial charge in [-0.15, -0.1) is 0 Å². The number of carbonyl (C=O) groups is 4. The quantitative estimate of drug-likeness (QED) is 0.325. The number of hydrogen-bond donors (Lipinski definition) is 1. The Hall–Kier alpha value is -3.88. The fourth-order valence-electron chi connectivity index (χ4n) is 6.87. The Kier molecular flexibility index (Phi) is 10.00. The van der Waals surface area contributed by atoms with Gasteiger partial charge < -0.3 is 24.8 Å². The van der Waals surface area contributed by atoms with Gasteiger partial charge in [0.2, 0.25) is 5.91 Å². The first-order chi connectivity index (χ1) is 20.9. The van der Waals surface area contributed by atoms with Gasteiger partial charge in [-0.1, -0.05) is 49.6 Å². The summed E-state index contributed by atoms with van der Waals surface area (Å²) in [6.45, 7) is 1.66. The van der Waals surface area contributed by atoms with Gasteiger partial charge in [-0.05, 0) is 74.3 Å². The lowest BCUT2D eigenvalue weighted by Crippen LogP contribution is -2.57. The highest BCUT2D eigenvalue weighted by molar-refractivity contribution is 5.97. The predicted molar refractivity (Wildman–Crippen MR) is 165 cm³/mol. The normalized spacial score (nSPS) is 18.6.